The highest BCUT2D eigenvalue weighted by Gasteiger charge is 2.39. The minimum absolute atomic E-state index is 0.124. The Kier molecular flexibility index (Phi) is 4.62. The summed E-state index contributed by atoms with van der Waals surface area (Å²) in [6, 6.07) is 12.4. The van der Waals surface area contributed by atoms with Gasteiger partial charge in [-0.2, -0.15) is 4.31 Å². The smallest absolute Gasteiger partial charge is 0.244 e. The molecular weight excluding hydrogens is 348 g/mol. The lowest BCUT2D eigenvalue weighted by molar-refractivity contribution is -0.126. The molecule has 0 aliphatic carbocycles. The maximum Gasteiger partial charge on any atom is 0.244 e. The Bertz CT molecular complexity index is 866. The summed E-state index contributed by atoms with van der Waals surface area (Å²) in [6.45, 7) is 2.41. The van der Waals surface area contributed by atoms with Gasteiger partial charge in [0.2, 0.25) is 15.9 Å². The zero-order chi connectivity index (χ0) is 17.3. The largest absolute Gasteiger partial charge is 0.353 e. The number of rotatable bonds is 3. The number of benzene rings is 2. The zero-order valence-electron chi connectivity index (χ0n) is 13.1. The minimum atomic E-state index is -3.81. The molecule has 1 unspecified atom stereocenters. The lowest BCUT2D eigenvalue weighted by Gasteiger charge is -2.34. The number of amides is 1. The molecular formula is C17H17ClN2O3S. The number of sulfonamides is 1. The van der Waals surface area contributed by atoms with Crippen molar-refractivity contribution in [2.24, 2.45) is 0 Å². The number of halogens is 1. The summed E-state index contributed by atoms with van der Waals surface area (Å²) in [5.74, 6) is -0.315. The van der Waals surface area contributed by atoms with Gasteiger partial charge in [-0.3, -0.25) is 4.79 Å². The Balaban J connectivity index is 2.06. The molecule has 1 N–H and O–H groups in total. The molecule has 7 heteroatoms. The third-order valence-electron chi connectivity index (χ3n) is 3.95. The molecule has 24 heavy (non-hydrogen) atoms. The molecule has 0 bridgehead atoms. The van der Waals surface area contributed by atoms with Crippen LogP contribution in [0.3, 0.4) is 0 Å². The van der Waals surface area contributed by atoms with E-state index in [4.69, 9.17) is 11.6 Å². The zero-order valence-corrected chi connectivity index (χ0v) is 14.6. The third-order valence-corrected chi connectivity index (χ3v) is 6.08. The van der Waals surface area contributed by atoms with Crippen LogP contribution >= 0.6 is 11.6 Å². The van der Waals surface area contributed by atoms with E-state index in [1.807, 2.05) is 25.1 Å². The van der Waals surface area contributed by atoms with Crippen molar-refractivity contribution in [3.8, 4) is 0 Å². The van der Waals surface area contributed by atoms with Crippen LogP contribution in [0.2, 0.25) is 5.02 Å². The molecule has 1 fully saturated rings. The van der Waals surface area contributed by atoms with Crippen molar-refractivity contribution in [3.63, 3.8) is 0 Å². The second-order valence-corrected chi connectivity index (χ2v) is 8.00. The quantitative estimate of drug-likeness (QED) is 0.910. The molecule has 2 aromatic rings. The van der Waals surface area contributed by atoms with Crippen LogP contribution in [0.25, 0.3) is 0 Å². The molecule has 0 aromatic heterocycles. The average Bonchev–Trinajstić information content (AvgIpc) is 2.55. The molecule has 1 aliphatic rings. The normalized spacial score (nSPS) is 19.1. The van der Waals surface area contributed by atoms with E-state index >= 15 is 0 Å². The van der Waals surface area contributed by atoms with Gasteiger partial charge in [0.1, 0.15) is 6.04 Å². The van der Waals surface area contributed by atoms with Crippen LogP contribution in [-0.4, -0.2) is 31.7 Å². The van der Waals surface area contributed by atoms with Crippen LogP contribution in [0, 0.1) is 6.92 Å². The maximum absolute atomic E-state index is 13.0. The summed E-state index contributed by atoms with van der Waals surface area (Å²) in [5, 5.41) is 3.21. The molecule has 1 heterocycles. The molecule has 1 saturated heterocycles. The van der Waals surface area contributed by atoms with Crippen LogP contribution in [0.5, 0.6) is 0 Å². The monoisotopic (exact) mass is 364 g/mol. The third kappa shape index (κ3) is 3.17. The Labute approximate surface area is 146 Å². The molecule has 1 atom stereocenters. The minimum Gasteiger partial charge on any atom is -0.353 e. The first-order valence-corrected chi connectivity index (χ1v) is 9.33. The van der Waals surface area contributed by atoms with Gasteiger partial charge >= 0.3 is 0 Å². The van der Waals surface area contributed by atoms with Gasteiger partial charge in [0.05, 0.1) is 4.90 Å². The first-order valence-electron chi connectivity index (χ1n) is 7.51. The second-order valence-electron chi connectivity index (χ2n) is 5.68. The maximum atomic E-state index is 13.0. The van der Waals surface area contributed by atoms with Crippen LogP contribution < -0.4 is 5.32 Å². The highest BCUT2D eigenvalue weighted by atomic mass is 35.5. The van der Waals surface area contributed by atoms with E-state index in [-0.39, 0.29) is 23.9 Å². The van der Waals surface area contributed by atoms with Crippen LogP contribution in [0.4, 0.5) is 0 Å². The molecule has 2 aromatic carbocycles. The molecule has 1 amide bonds. The van der Waals surface area contributed by atoms with E-state index in [1.165, 1.54) is 28.6 Å². The second kappa shape index (κ2) is 6.55. The summed E-state index contributed by atoms with van der Waals surface area (Å²) in [5.41, 5.74) is 1.62. The summed E-state index contributed by atoms with van der Waals surface area (Å²) in [6.07, 6.45) is 0. The van der Waals surface area contributed by atoms with Gasteiger partial charge in [0.15, 0.2) is 0 Å². The molecule has 0 spiro atoms. The number of carbonyl (C=O) groups excluding carboxylic acids is 1. The van der Waals surface area contributed by atoms with Gasteiger partial charge in [0, 0.05) is 18.1 Å². The molecule has 5 nitrogen and oxygen atoms in total. The van der Waals surface area contributed by atoms with Crippen molar-refractivity contribution >= 4 is 27.5 Å². The van der Waals surface area contributed by atoms with Crippen molar-refractivity contribution in [1.82, 2.24) is 9.62 Å². The van der Waals surface area contributed by atoms with Crippen molar-refractivity contribution in [2.75, 3.05) is 13.1 Å². The van der Waals surface area contributed by atoms with Crippen LogP contribution in [0.15, 0.2) is 53.4 Å². The molecule has 0 radical (unpaired) electrons. The van der Waals surface area contributed by atoms with E-state index in [0.717, 1.165) is 5.56 Å². The fraction of sp³-hybridized carbons (Fsp3) is 0.235. The number of carbonyl (C=O) groups is 1. The number of aryl methyl sites for hydroxylation is 1. The van der Waals surface area contributed by atoms with Gasteiger partial charge in [-0.25, -0.2) is 8.42 Å². The topological polar surface area (TPSA) is 66.5 Å². The Hall–Kier alpha value is -1.89. The average molecular weight is 365 g/mol. The van der Waals surface area contributed by atoms with Crippen LogP contribution in [0.1, 0.15) is 17.2 Å². The van der Waals surface area contributed by atoms with E-state index in [1.54, 1.807) is 6.07 Å². The predicted molar refractivity (Wildman–Crippen MR) is 92.3 cm³/mol. The van der Waals surface area contributed by atoms with E-state index in [9.17, 15) is 13.2 Å². The number of hydrogen-bond donors (Lipinski definition) is 1. The Morgan fingerprint density at radius 2 is 1.88 bits per heavy atom. The summed E-state index contributed by atoms with van der Waals surface area (Å²) in [7, 11) is -3.81. The van der Waals surface area contributed by atoms with Gasteiger partial charge in [-0.15, -0.1) is 0 Å². The van der Waals surface area contributed by atoms with E-state index < -0.39 is 16.1 Å². The molecule has 3 rings (SSSR count). The molecule has 0 saturated carbocycles. The Morgan fingerprint density at radius 3 is 2.54 bits per heavy atom. The van der Waals surface area contributed by atoms with Crippen LogP contribution in [-0.2, 0) is 14.8 Å². The first-order chi connectivity index (χ1) is 11.4. The number of nitrogens with zero attached hydrogens (tertiary/aromatic N) is 1. The van der Waals surface area contributed by atoms with E-state index in [2.05, 4.69) is 5.32 Å². The standard InChI is InChI=1S/C17H17ClN2O3S/c1-12-3-2-4-13(11-12)16-17(21)19-9-10-20(16)24(22,23)15-7-5-14(18)6-8-15/h2-8,11,16H,9-10H2,1H3,(H,19,21). The number of piperazine rings is 1. The summed E-state index contributed by atoms with van der Waals surface area (Å²) in [4.78, 5) is 12.5. The lowest BCUT2D eigenvalue weighted by Crippen LogP contribution is -2.52. The van der Waals surface area contributed by atoms with E-state index in [0.29, 0.717) is 10.6 Å². The summed E-state index contributed by atoms with van der Waals surface area (Å²) < 4.78 is 27.3. The fourth-order valence-corrected chi connectivity index (χ4v) is 4.51. The van der Waals surface area contributed by atoms with Gasteiger partial charge < -0.3 is 5.32 Å². The SMILES string of the molecule is Cc1cccc(C2C(=O)NCCN2S(=O)(=O)c2ccc(Cl)cc2)c1. The van der Waals surface area contributed by atoms with Crippen molar-refractivity contribution in [2.45, 2.75) is 17.9 Å². The number of hydrogen-bond acceptors (Lipinski definition) is 3. The number of nitrogens with one attached hydrogen (secondary N) is 1. The van der Waals surface area contributed by atoms with Crippen molar-refractivity contribution in [3.05, 3.63) is 64.7 Å². The summed E-state index contributed by atoms with van der Waals surface area (Å²) >= 11 is 5.84. The first kappa shape index (κ1) is 17.0. The van der Waals surface area contributed by atoms with Gasteiger partial charge in [0.25, 0.3) is 0 Å². The van der Waals surface area contributed by atoms with Gasteiger partial charge in [-0.05, 0) is 36.8 Å². The van der Waals surface area contributed by atoms with Crippen molar-refractivity contribution in [1.29, 1.82) is 0 Å². The van der Waals surface area contributed by atoms with Crippen molar-refractivity contribution < 1.29 is 13.2 Å². The highest BCUT2D eigenvalue weighted by molar-refractivity contribution is 7.89. The predicted octanol–water partition coefficient (Wildman–Crippen LogP) is 2.51. The van der Waals surface area contributed by atoms with Gasteiger partial charge in [-0.1, -0.05) is 41.4 Å². The molecule has 126 valence electrons. The lowest BCUT2D eigenvalue weighted by atomic mass is 10.0. The Morgan fingerprint density at radius 1 is 1.17 bits per heavy atom. The highest BCUT2D eigenvalue weighted by Crippen LogP contribution is 2.30. The fourth-order valence-electron chi connectivity index (χ4n) is 2.80. The molecule has 1 aliphatic heterocycles.